The number of hydrogen-bond acceptors (Lipinski definition) is 1. The Kier molecular flexibility index (Phi) is 3.55. The van der Waals surface area contributed by atoms with E-state index in [2.05, 4.69) is 0 Å². The zero-order chi connectivity index (χ0) is 9.90. The third-order valence-electron chi connectivity index (χ3n) is 2.37. The van der Waals surface area contributed by atoms with E-state index in [0.29, 0.717) is 13.1 Å². The lowest BCUT2D eigenvalue weighted by atomic mass is 10.1. The molecule has 1 aliphatic heterocycles. The number of alkyl halides is 3. The largest absolute Gasteiger partial charge is 0.677 e. The van der Waals surface area contributed by atoms with Gasteiger partial charge in [-0.25, -0.2) is 0 Å². The highest BCUT2D eigenvalue weighted by molar-refractivity contribution is 4.79. The maximum absolute atomic E-state index is 11.8. The lowest BCUT2D eigenvalue weighted by molar-refractivity contribution is -0.137. The van der Waals surface area contributed by atoms with E-state index >= 15 is 0 Å². The van der Waals surface area contributed by atoms with Crippen LogP contribution in [0.4, 0.5) is 13.2 Å². The molecule has 1 N–H and O–H groups in total. The van der Waals surface area contributed by atoms with E-state index in [1.807, 2.05) is 0 Å². The minimum Gasteiger partial charge on any atom is -0.677 e. The molecule has 0 aromatic rings. The van der Waals surface area contributed by atoms with Gasteiger partial charge in [0.15, 0.2) is 0 Å². The van der Waals surface area contributed by atoms with Crippen LogP contribution in [-0.2, 0) is 0 Å². The van der Waals surface area contributed by atoms with Crippen molar-refractivity contribution in [3.05, 3.63) is 5.73 Å². The van der Waals surface area contributed by atoms with Crippen molar-refractivity contribution < 1.29 is 13.2 Å². The van der Waals surface area contributed by atoms with Crippen LogP contribution in [0.3, 0.4) is 0 Å². The molecule has 13 heavy (non-hydrogen) atoms. The van der Waals surface area contributed by atoms with Crippen molar-refractivity contribution in [1.29, 1.82) is 0 Å². The summed E-state index contributed by atoms with van der Waals surface area (Å²) in [7, 11) is 0. The van der Waals surface area contributed by atoms with E-state index in [0.717, 1.165) is 13.0 Å². The van der Waals surface area contributed by atoms with Crippen molar-refractivity contribution in [2.24, 2.45) is 5.92 Å². The summed E-state index contributed by atoms with van der Waals surface area (Å²) in [5, 5.41) is 0. The first-order chi connectivity index (χ1) is 6.01. The minimum absolute atomic E-state index is 0.0972. The van der Waals surface area contributed by atoms with Crippen molar-refractivity contribution in [3.8, 4) is 0 Å². The third kappa shape index (κ3) is 3.95. The Morgan fingerprint density at radius 1 is 1.38 bits per heavy atom. The highest BCUT2D eigenvalue weighted by Crippen LogP contribution is 2.22. The second kappa shape index (κ2) is 4.28. The van der Waals surface area contributed by atoms with E-state index in [4.69, 9.17) is 5.73 Å². The van der Waals surface area contributed by atoms with Crippen LogP contribution in [0, 0.1) is 5.92 Å². The zero-order valence-corrected chi connectivity index (χ0v) is 7.40. The molecule has 1 heterocycles. The highest BCUT2D eigenvalue weighted by atomic mass is 19.4. The molecular formula is C8H14F3N2-. The second-order valence-electron chi connectivity index (χ2n) is 3.52. The molecule has 78 valence electrons. The van der Waals surface area contributed by atoms with Gasteiger partial charge < -0.3 is 10.6 Å². The maximum Gasteiger partial charge on any atom is 0.390 e. The van der Waals surface area contributed by atoms with E-state index in [1.54, 1.807) is 4.90 Å². The predicted molar refractivity (Wildman–Crippen MR) is 44.4 cm³/mol. The van der Waals surface area contributed by atoms with Crippen molar-refractivity contribution in [1.82, 2.24) is 4.90 Å². The average molecular weight is 195 g/mol. The van der Waals surface area contributed by atoms with Gasteiger partial charge >= 0.3 is 6.18 Å². The molecule has 0 aliphatic carbocycles. The first-order valence-corrected chi connectivity index (χ1v) is 4.45. The molecule has 1 unspecified atom stereocenters. The number of likely N-dealkylation sites (tertiary alicyclic amines) is 1. The lowest BCUT2D eigenvalue weighted by Gasteiger charge is -2.17. The fourth-order valence-electron chi connectivity index (χ4n) is 1.57. The number of nitrogens with zero attached hydrogens (tertiary/aromatic N) is 1. The van der Waals surface area contributed by atoms with Gasteiger partial charge in [-0.3, -0.25) is 0 Å². The van der Waals surface area contributed by atoms with Crippen molar-refractivity contribution in [2.45, 2.75) is 19.0 Å². The minimum atomic E-state index is -4.04. The first kappa shape index (κ1) is 10.8. The molecule has 1 aliphatic rings. The molecule has 0 bridgehead atoms. The summed E-state index contributed by atoms with van der Waals surface area (Å²) in [6, 6.07) is 0. The van der Waals surface area contributed by atoms with Crippen LogP contribution >= 0.6 is 0 Å². The molecule has 0 radical (unpaired) electrons. The Hall–Kier alpha value is -0.290. The Morgan fingerprint density at radius 3 is 2.54 bits per heavy atom. The molecule has 2 nitrogen and oxygen atoms in total. The summed E-state index contributed by atoms with van der Waals surface area (Å²) in [5.74, 6) is 0.285. The van der Waals surface area contributed by atoms with E-state index < -0.39 is 12.6 Å². The fourth-order valence-corrected chi connectivity index (χ4v) is 1.57. The Balaban J connectivity index is 2.17. The van der Waals surface area contributed by atoms with Gasteiger partial charge in [0.05, 0.1) is 6.42 Å². The summed E-state index contributed by atoms with van der Waals surface area (Å²) >= 11 is 0. The topological polar surface area (TPSA) is 27.0 Å². The van der Waals surface area contributed by atoms with Gasteiger partial charge in [-0.15, -0.1) is 6.54 Å². The van der Waals surface area contributed by atoms with Crippen LogP contribution < -0.4 is 0 Å². The van der Waals surface area contributed by atoms with E-state index in [-0.39, 0.29) is 12.5 Å². The third-order valence-corrected chi connectivity index (χ3v) is 2.37. The van der Waals surface area contributed by atoms with Crippen LogP contribution in [0.5, 0.6) is 0 Å². The van der Waals surface area contributed by atoms with Gasteiger partial charge in [-0.1, -0.05) is 0 Å². The van der Waals surface area contributed by atoms with E-state index in [1.165, 1.54) is 0 Å². The molecule has 5 heteroatoms. The molecular weight excluding hydrogens is 181 g/mol. The highest BCUT2D eigenvalue weighted by Gasteiger charge is 2.29. The first-order valence-electron chi connectivity index (χ1n) is 4.45. The van der Waals surface area contributed by atoms with Gasteiger partial charge in [0.1, 0.15) is 0 Å². The van der Waals surface area contributed by atoms with Crippen LogP contribution in [0.2, 0.25) is 0 Å². The van der Waals surface area contributed by atoms with Crippen molar-refractivity contribution >= 4 is 0 Å². The zero-order valence-electron chi connectivity index (χ0n) is 7.40. The van der Waals surface area contributed by atoms with E-state index in [9.17, 15) is 13.2 Å². The summed E-state index contributed by atoms with van der Waals surface area (Å²) in [6.45, 7) is 1.82. The van der Waals surface area contributed by atoms with Gasteiger partial charge in [0, 0.05) is 6.54 Å². The number of halogens is 3. The molecule has 0 aromatic heterocycles. The molecule has 0 spiro atoms. The van der Waals surface area contributed by atoms with Gasteiger partial charge in [-0.2, -0.15) is 13.2 Å². The Morgan fingerprint density at radius 2 is 2.08 bits per heavy atom. The summed E-state index contributed by atoms with van der Waals surface area (Å²) in [5.41, 5.74) is 7.10. The van der Waals surface area contributed by atoms with Crippen molar-refractivity contribution in [3.63, 3.8) is 0 Å². The summed E-state index contributed by atoms with van der Waals surface area (Å²) < 4.78 is 35.5. The molecule has 1 atom stereocenters. The molecule has 1 saturated heterocycles. The van der Waals surface area contributed by atoms with Gasteiger partial charge in [0.25, 0.3) is 0 Å². The van der Waals surface area contributed by atoms with Gasteiger partial charge in [0.2, 0.25) is 0 Å². The Bertz CT molecular complexity index is 158. The molecule has 1 rings (SSSR count). The SMILES string of the molecule is [NH-]CC1CCN(CCC(F)(F)F)C1. The quantitative estimate of drug-likeness (QED) is 0.678. The van der Waals surface area contributed by atoms with Crippen LogP contribution in [0.1, 0.15) is 12.8 Å². The molecule has 0 aromatic carbocycles. The monoisotopic (exact) mass is 195 g/mol. The predicted octanol–water partition coefficient (Wildman–Crippen LogP) is 2.31. The lowest BCUT2D eigenvalue weighted by Crippen LogP contribution is -2.26. The van der Waals surface area contributed by atoms with Crippen LogP contribution in [0.15, 0.2) is 0 Å². The number of rotatable bonds is 3. The fraction of sp³-hybridized carbons (Fsp3) is 1.00. The molecule has 0 saturated carbocycles. The normalized spacial score (nSPS) is 25.4. The summed E-state index contributed by atoms with van der Waals surface area (Å²) in [6.07, 6.45) is -3.89. The average Bonchev–Trinajstić information content (AvgIpc) is 2.47. The second-order valence-corrected chi connectivity index (χ2v) is 3.52. The number of nitrogens with one attached hydrogen (secondary N) is 1. The summed E-state index contributed by atoms with van der Waals surface area (Å²) in [4.78, 5) is 1.80. The van der Waals surface area contributed by atoms with Crippen molar-refractivity contribution in [2.75, 3.05) is 26.2 Å². The van der Waals surface area contributed by atoms with Crippen LogP contribution in [-0.4, -0.2) is 37.3 Å². The molecule has 0 amide bonds. The van der Waals surface area contributed by atoms with Crippen LogP contribution in [0.25, 0.3) is 5.73 Å². The molecule has 1 fully saturated rings. The smallest absolute Gasteiger partial charge is 0.390 e. The number of hydrogen-bond donors (Lipinski definition) is 0. The maximum atomic E-state index is 11.8. The standard InChI is InChI=1S/C8H14F3N2/c9-8(10,11)2-4-13-3-1-7(5-12)6-13/h7,12H,1-6H2/q-1. The van der Waals surface area contributed by atoms with Gasteiger partial charge in [-0.05, 0) is 25.4 Å². The Labute approximate surface area is 75.9 Å².